The highest BCUT2D eigenvalue weighted by Crippen LogP contribution is 2.24. The van der Waals surface area contributed by atoms with Crippen LogP contribution in [-0.2, 0) is 29.6 Å². The molecule has 1 amide bonds. The number of nitrogens with zero attached hydrogens (tertiary/aromatic N) is 3. The lowest BCUT2D eigenvalue weighted by Crippen LogP contribution is -2.26. The molecule has 2 aromatic rings. The van der Waals surface area contributed by atoms with Crippen LogP contribution >= 0.6 is 0 Å². The third kappa shape index (κ3) is 6.31. The van der Waals surface area contributed by atoms with Crippen molar-refractivity contribution in [2.75, 3.05) is 13.2 Å². The van der Waals surface area contributed by atoms with E-state index < -0.39 is 0 Å². The van der Waals surface area contributed by atoms with E-state index in [9.17, 15) is 4.79 Å². The third-order valence-electron chi connectivity index (χ3n) is 5.39. The van der Waals surface area contributed by atoms with Crippen molar-refractivity contribution in [3.8, 4) is 5.75 Å². The fourth-order valence-corrected chi connectivity index (χ4v) is 3.61. The van der Waals surface area contributed by atoms with Gasteiger partial charge >= 0.3 is 0 Å². The zero-order chi connectivity index (χ0) is 20.7. The number of benzene rings is 1. The summed E-state index contributed by atoms with van der Waals surface area (Å²) in [5.74, 6) is 3.00. The average molecular weight is 399 g/mol. The molecule has 29 heavy (non-hydrogen) atoms. The fourth-order valence-electron chi connectivity index (χ4n) is 3.61. The molecule has 3 rings (SSSR count). The van der Waals surface area contributed by atoms with Gasteiger partial charge in [0.1, 0.15) is 17.4 Å². The van der Waals surface area contributed by atoms with Crippen molar-refractivity contribution in [2.45, 2.75) is 77.7 Å². The number of fused-ring (bicyclic) bond motifs is 1. The summed E-state index contributed by atoms with van der Waals surface area (Å²) in [6.07, 6.45) is 6.54. The van der Waals surface area contributed by atoms with Crippen LogP contribution in [-0.4, -0.2) is 33.8 Å². The van der Waals surface area contributed by atoms with Crippen molar-refractivity contribution < 1.29 is 9.53 Å². The quantitative estimate of drug-likeness (QED) is 0.687. The van der Waals surface area contributed by atoms with Gasteiger partial charge in [0.05, 0.1) is 6.61 Å². The Hall–Kier alpha value is -2.37. The molecule has 0 aliphatic carbocycles. The maximum Gasteiger partial charge on any atom is 0.220 e. The van der Waals surface area contributed by atoms with Gasteiger partial charge in [0.25, 0.3) is 0 Å². The Morgan fingerprint density at radius 3 is 2.69 bits per heavy atom. The topological polar surface area (TPSA) is 69.0 Å². The van der Waals surface area contributed by atoms with Crippen LogP contribution in [0.1, 0.15) is 70.1 Å². The van der Waals surface area contributed by atoms with Crippen LogP contribution < -0.4 is 10.1 Å². The van der Waals surface area contributed by atoms with Crippen molar-refractivity contribution in [2.24, 2.45) is 0 Å². The van der Waals surface area contributed by atoms with Gasteiger partial charge in [-0.3, -0.25) is 4.79 Å². The molecule has 158 valence electrons. The molecule has 2 heterocycles. The zero-order valence-electron chi connectivity index (χ0n) is 18.0. The Labute approximate surface area is 174 Å². The standard InChI is InChI=1S/C23H34N4O2/c1-23(2,3)18-10-12-19(13-11-18)29-17-7-9-22(28)24-15-14-21-26-25-20-8-5-4-6-16-27(20)21/h10-13H,4-9,14-17H2,1-3H3,(H,24,28). The highest BCUT2D eigenvalue weighted by atomic mass is 16.5. The van der Waals surface area contributed by atoms with E-state index in [2.05, 4.69) is 53.0 Å². The predicted octanol–water partition coefficient (Wildman–Crippen LogP) is 3.82. The summed E-state index contributed by atoms with van der Waals surface area (Å²) in [7, 11) is 0. The first-order valence-electron chi connectivity index (χ1n) is 10.8. The van der Waals surface area contributed by atoms with Gasteiger partial charge in [0, 0.05) is 32.4 Å². The van der Waals surface area contributed by atoms with Gasteiger partial charge in [-0.15, -0.1) is 10.2 Å². The second kappa shape index (κ2) is 9.90. The van der Waals surface area contributed by atoms with Crippen molar-refractivity contribution in [1.82, 2.24) is 20.1 Å². The molecule has 6 nitrogen and oxygen atoms in total. The van der Waals surface area contributed by atoms with E-state index in [-0.39, 0.29) is 11.3 Å². The number of hydrogen-bond donors (Lipinski definition) is 1. The Bertz CT molecular complexity index is 790. The lowest BCUT2D eigenvalue weighted by molar-refractivity contribution is -0.121. The van der Waals surface area contributed by atoms with Crippen LogP contribution in [0.15, 0.2) is 24.3 Å². The third-order valence-corrected chi connectivity index (χ3v) is 5.39. The molecule has 0 saturated heterocycles. The van der Waals surface area contributed by atoms with Gasteiger partial charge < -0.3 is 14.6 Å². The molecule has 0 unspecified atom stereocenters. The lowest BCUT2D eigenvalue weighted by atomic mass is 9.87. The Kier molecular flexibility index (Phi) is 7.29. The highest BCUT2D eigenvalue weighted by molar-refractivity contribution is 5.75. The van der Waals surface area contributed by atoms with Crippen LogP contribution in [0.2, 0.25) is 0 Å². The van der Waals surface area contributed by atoms with E-state index in [0.717, 1.165) is 36.8 Å². The number of hydrogen-bond acceptors (Lipinski definition) is 4. The van der Waals surface area contributed by atoms with Gasteiger partial charge in [0.15, 0.2) is 0 Å². The Balaban J connectivity index is 1.32. The van der Waals surface area contributed by atoms with Gasteiger partial charge in [-0.2, -0.15) is 0 Å². The number of aryl methyl sites for hydroxylation is 1. The normalized spacial score (nSPS) is 14.2. The molecule has 1 aromatic carbocycles. The summed E-state index contributed by atoms with van der Waals surface area (Å²) in [5.41, 5.74) is 1.43. The molecule has 0 atom stereocenters. The van der Waals surface area contributed by atoms with E-state index in [1.807, 2.05) is 12.1 Å². The van der Waals surface area contributed by atoms with Gasteiger partial charge in [0.2, 0.25) is 5.91 Å². The number of carbonyl (C=O) groups is 1. The number of amides is 1. The predicted molar refractivity (Wildman–Crippen MR) is 114 cm³/mol. The molecule has 0 bridgehead atoms. The first-order valence-corrected chi connectivity index (χ1v) is 10.8. The van der Waals surface area contributed by atoms with Crippen LogP contribution in [0.4, 0.5) is 0 Å². The fraction of sp³-hybridized carbons (Fsp3) is 0.609. The second-order valence-electron chi connectivity index (χ2n) is 8.82. The number of rotatable bonds is 8. The van der Waals surface area contributed by atoms with Gasteiger partial charge in [-0.1, -0.05) is 39.3 Å². The molecule has 1 aliphatic heterocycles. The van der Waals surface area contributed by atoms with Crippen LogP contribution in [0.25, 0.3) is 0 Å². The summed E-state index contributed by atoms with van der Waals surface area (Å²) in [6, 6.07) is 8.21. The molecule has 6 heteroatoms. The highest BCUT2D eigenvalue weighted by Gasteiger charge is 2.15. The largest absolute Gasteiger partial charge is 0.494 e. The summed E-state index contributed by atoms with van der Waals surface area (Å²) in [6.45, 7) is 8.73. The van der Waals surface area contributed by atoms with E-state index in [4.69, 9.17) is 4.74 Å². The summed E-state index contributed by atoms with van der Waals surface area (Å²) in [5, 5.41) is 11.6. The van der Waals surface area contributed by atoms with Gasteiger partial charge in [-0.05, 0) is 42.4 Å². The maximum absolute atomic E-state index is 12.1. The Morgan fingerprint density at radius 2 is 1.93 bits per heavy atom. The summed E-state index contributed by atoms with van der Waals surface area (Å²) < 4.78 is 7.99. The molecule has 0 radical (unpaired) electrons. The first kappa shape index (κ1) is 21.3. The smallest absolute Gasteiger partial charge is 0.220 e. The molecule has 0 spiro atoms. The molecule has 1 aromatic heterocycles. The maximum atomic E-state index is 12.1. The second-order valence-corrected chi connectivity index (χ2v) is 8.82. The van der Waals surface area contributed by atoms with Crippen molar-refractivity contribution in [3.05, 3.63) is 41.5 Å². The van der Waals surface area contributed by atoms with Crippen LogP contribution in [0.5, 0.6) is 5.75 Å². The van der Waals surface area contributed by atoms with Crippen molar-refractivity contribution >= 4 is 5.91 Å². The van der Waals surface area contributed by atoms with E-state index in [1.165, 1.54) is 24.8 Å². The molecule has 1 N–H and O–H groups in total. The number of nitrogens with one attached hydrogen (secondary N) is 1. The minimum Gasteiger partial charge on any atom is -0.494 e. The average Bonchev–Trinajstić information content (AvgIpc) is 2.91. The SMILES string of the molecule is CC(C)(C)c1ccc(OCCCC(=O)NCCc2nnc3n2CCCCC3)cc1. The van der Waals surface area contributed by atoms with E-state index in [1.54, 1.807) is 0 Å². The van der Waals surface area contributed by atoms with Crippen LogP contribution in [0, 0.1) is 0 Å². The van der Waals surface area contributed by atoms with E-state index in [0.29, 0.717) is 26.0 Å². The minimum absolute atomic E-state index is 0.0623. The van der Waals surface area contributed by atoms with Gasteiger partial charge in [-0.25, -0.2) is 0 Å². The number of carbonyl (C=O) groups excluding carboxylic acids is 1. The van der Waals surface area contributed by atoms with Crippen LogP contribution in [0.3, 0.4) is 0 Å². The van der Waals surface area contributed by atoms with Crippen molar-refractivity contribution in [3.63, 3.8) is 0 Å². The summed E-state index contributed by atoms with van der Waals surface area (Å²) >= 11 is 0. The monoisotopic (exact) mass is 398 g/mol. The molecule has 1 aliphatic rings. The lowest BCUT2D eigenvalue weighted by Gasteiger charge is -2.19. The van der Waals surface area contributed by atoms with E-state index >= 15 is 0 Å². The minimum atomic E-state index is 0.0623. The van der Waals surface area contributed by atoms with Crippen molar-refractivity contribution in [1.29, 1.82) is 0 Å². The Morgan fingerprint density at radius 1 is 1.14 bits per heavy atom. The first-order chi connectivity index (χ1) is 13.9. The number of ether oxygens (including phenoxy) is 1. The molecule has 0 saturated carbocycles. The zero-order valence-corrected chi connectivity index (χ0v) is 18.0. The number of aromatic nitrogens is 3. The molecular formula is C23H34N4O2. The molecular weight excluding hydrogens is 364 g/mol. The molecule has 0 fully saturated rings. The summed E-state index contributed by atoms with van der Waals surface area (Å²) in [4.78, 5) is 12.1.